The predicted molar refractivity (Wildman–Crippen MR) is 105 cm³/mol. The van der Waals surface area contributed by atoms with E-state index in [0.29, 0.717) is 0 Å². The minimum Gasteiger partial charge on any atom is -0.326 e. The van der Waals surface area contributed by atoms with Crippen molar-refractivity contribution in [3.63, 3.8) is 0 Å². The highest BCUT2D eigenvalue weighted by Gasteiger charge is 2.29. The molecule has 2 aromatic rings. The largest absolute Gasteiger partial charge is 0.326 e. The maximum atomic E-state index is 12.9. The molecule has 0 aliphatic heterocycles. The van der Waals surface area contributed by atoms with Gasteiger partial charge in [0.25, 0.3) is 0 Å². The molecule has 26 heavy (non-hydrogen) atoms. The molecular weight excluding hydrogens is 324 g/mol. The average Bonchev–Trinajstić information content (AvgIpc) is 3.49. The third-order valence-corrected chi connectivity index (χ3v) is 5.02. The summed E-state index contributed by atoms with van der Waals surface area (Å²) < 4.78 is 0. The molecule has 136 valence electrons. The normalized spacial score (nSPS) is 15.8. The lowest BCUT2D eigenvalue weighted by Crippen LogP contribution is -2.26. The molecule has 0 spiro atoms. The summed E-state index contributed by atoms with van der Waals surface area (Å²) in [5.41, 5.74) is 2.54. The molecule has 2 aromatic carbocycles. The van der Waals surface area contributed by atoms with E-state index >= 15 is 0 Å². The molecule has 2 atom stereocenters. The summed E-state index contributed by atoms with van der Waals surface area (Å²) in [6, 6.07) is 17.2. The average molecular weight is 350 g/mol. The van der Waals surface area contributed by atoms with Crippen molar-refractivity contribution in [3.05, 3.63) is 60.2 Å². The van der Waals surface area contributed by atoms with Crippen molar-refractivity contribution in [3.8, 4) is 0 Å². The fourth-order valence-corrected chi connectivity index (χ4v) is 3.08. The van der Waals surface area contributed by atoms with Gasteiger partial charge < -0.3 is 10.6 Å². The Morgan fingerprint density at radius 1 is 0.962 bits per heavy atom. The zero-order valence-corrected chi connectivity index (χ0v) is 15.4. The van der Waals surface area contributed by atoms with E-state index in [9.17, 15) is 9.59 Å². The van der Waals surface area contributed by atoms with E-state index in [2.05, 4.69) is 24.5 Å². The van der Waals surface area contributed by atoms with Crippen LogP contribution in [0.5, 0.6) is 0 Å². The van der Waals surface area contributed by atoms with E-state index in [1.54, 1.807) is 0 Å². The van der Waals surface area contributed by atoms with Crippen LogP contribution in [0.2, 0.25) is 0 Å². The molecule has 2 amide bonds. The number of rotatable bonds is 7. The Bertz CT molecular complexity index is 751. The summed E-state index contributed by atoms with van der Waals surface area (Å²) in [6.45, 7) is 4.21. The third-order valence-electron chi connectivity index (χ3n) is 5.02. The summed E-state index contributed by atoms with van der Waals surface area (Å²) in [7, 11) is 0. The molecule has 4 nitrogen and oxygen atoms in total. The van der Waals surface area contributed by atoms with Gasteiger partial charge in [0.2, 0.25) is 11.8 Å². The monoisotopic (exact) mass is 350 g/mol. The van der Waals surface area contributed by atoms with E-state index in [0.717, 1.165) is 36.2 Å². The molecule has 0 saturated heterocycles. The zero-order chi connectivity index (χ0) is 18.5. The molecule has 0 aromatic heterocycles. The van der Waals surface area contributed by atoms with Gasteiger partial charge in [-0.2, -0.15) is 0 Å². The van der Waals surface area contributed by atoms with Crippen molar-refractivity contribution in [1.82, 2.24) is 0 Å². The van der Waals surface area contributed by atoms with Crippen LogP contribution in [0, 0.1) is 11.8 Å². The molecule has 0 heterocycles. The first-order valence-electron chi connectivity index (χ1n) is 9.35. The van der Waals surface area contributed by atoms with Crippen molar-refractivity contribution < 1.29 is 9.59 Å². The maximum absolute atomic E-state index is 12.9. The minimum atomic E-state index is -0.185. The number of nitrogens with one attached hydrogen (secondary N) is 2. The maximum Gasteiger partial charge on any atom is 0.232 e. The molecule has 1 aliphatic carbocycles. The van der Waals surface area contributed by atoms with Crippen LogP contribution in [0.4, 0.5) is 11.4 Å². The van der Waals surface area contributed by atoms with Crippen molar-refractivity contribution in [2.24, 2.45) is 11.8 Å². The Labute approximate surface area is 155 Å². The number of amides is 2. The summed E-state index contributed by atoms with van der Waals surface area (Å²) >= 11 is 0. The first-order valence-corrected chi connectivity index (χ1v) is 9.35. The first kappa shape index (κ1) is 18.2. The molecule has 0 unspecified atom stereocenters. The number of hydrogen-bond acceptors (Lipinski definition) is 2. The van der Waals surface area contributed by atoms with Crippen LogP contribution < -0.4 is 10.6 Å². The van der Waals surface area contributed by atoms with Gasteiger partial charge in [-0.15, -0.1) is 0 Å². The van der Waals surface area contributed by atoms with E-state index in [1.807, 2.05) is 54.6 Å². The van der Waals surface area contributed by atoms with Crippen LogP contribution in [0.1, 0.15) is 44.6 Å². The molecule has 2 N–H and O–H groups in total. The van der Waals surface area contributed by atoms with Gasteiger partial charge in [0.15, 0.2) is 0 Å². The number of hydrogen-bond donors (Lipinski definition) is 2. The molecule has 3 rings (SSSR count). The second-order valence-electron chi connectivity index (χ2n) is 7.10. The van der Waals surface area contributed by atoms with E-state index < -0.39 is 0 Å². The van der Waals surface area contributed by atoms with E-state index in [4.69, 9.17) is 0 Å². The number of benzene rings is 2. The summed E-state index contributed by atoms with van der Waals surface area (Å²) in [5.74, 6) is 0.324. The van der Waals surface area contributed by atoms with E-state index in [1.165, 1.54) is 0 Å². The lowest BCUT2D eigenvalue weighted by atomic mass is 9.85. The highest BCUT2D eigenvalue weighted by atomic mass is 16.2. The van der Waals surface area contributed by atoms with Crippen LogP contribution in [-0.4, -0.2) is 11.8 Å². The molecule has 0 radical (unpaired) electrons. The predicted octanol–water partition coefficient (Wildman–Crippen LogP) is 4.80. The third kappa shape index (κ3) is 4.51. The Hall–Kier alpha value is -2.62. The fourth-order valence-electron chi connectivity index (χ4n) is 3.08. The summed E-state index contributed by atoms with van der Waals surface area (Å²) in [6.07, 6.45) is 2.89. The molecule has 1 aliphatic rings. The van der Waals surface area contributed by atoms with Gasteiger partial charge in [-0.3, -0.25) is 9.59 Å². The fraction of sp³-hybridized carbons (Fsp3) is 0.364. The van der Waals surface area contributed by atoms with Gasteiger partial charge in [0, 0.05) is 17.3 Å². The Morgan fingerprint density at radius 2 is 1.54 bits per heavy atom. The molecule has 0 bridgehead atoms. The number of anilines is 2. The molecular formula is C22H26N2O2. The highest BCUT2D eigenvalue weighted by Crippen LogP contribution is 2.31. The van der Waals surface area contributed by atoms with Crippen molar-refractivity contribution >= 4 is 23.2 Å². The summed E-state index contributed by atoms with van der Waals surface area (Å²) in [5, 5.41) is 5.93. The van der Waals surface area contributed by atoms with Gasteiger partial charge in [-0.1, -0.05) is 50.6 Å². The summed E-state index contributed by atoms with van der Waals surface area (Å²) in [4.78, 5) is 24.7. The Balaban J connectivity index is 1.67. The smallest absolute Gasteiger partial charge is 0.232 e. The van der Waals surface area contributed by atoms with Crippen molar-refractivity contribution in [1.29, 1.82) is 0 Å². The van der Waals surface area contributed by atoms with Crippen LogP contribution in [0.3, 0.4) is 0 Å². The van der Waals surface area contributed by atoms with Gasteiger partial charge in [0.05, 0.1) is 5.92 Å². The SMILES string of the molecule is CC[C@@H](C)[C@@H](C(=O)Nc1ccc(NC(=O)C2CC2)cc1)c1ccccc1. The van der Waals surface area contributed by atoms with Gasteiger partial charge in [0.1, 0.15) is 0 Å². The van der Waals surface area contributed by atoms with Crippen molar-refractivity contribution in [2.45, 2.75) is 39.0 Å². The zero-order valence-electron chi connectivity index (χ0n) is 15.4. The lowest BCUT2D eigenvalue weighted by Gasteiger charge is -2.23. The van der Waals surface area contributed by atoms with Crippen LogP contribution in [0.25, 0.3) is 0 Å². The van der Waals surface area contributed by atoms with Gasteiger partial charge in [-0.05, 0) is 48.6 Å². The Kier molecular flexibility index (Phi) is 5.71. The standard InChI is InChI=1S/C22H26N2O2/c1-3-15(2)20(16-7-5-4-6-8-16)22(26)24-19-13-11-18(12-14-19)23-21(25)17-9-10-17/h4-8,11-15,17,20H,3,9-10H2,1-2H3,(H,23,25)(H,24,26)/t15-,20-/m1/s1. The number of carbonyl (C=O) groups is 2. The van der Waals surface area contributed by atoms with Crippen LogP contribution in [0.15, 0.2) is 54.6 Å². The van der Waals surface area contributed by atoms with E-state index in [-0.39, 0.29) is 29.6 Å². The molecule has 4 heteroatoms. The quantitative estimate of drug-likeness (QED) is 0.753. The lowest BCUT2D eigenvalue weighted by molar-refractivity contribution is -0.119. The minimum absolute atomic E-state index is 0.000293. The highest BCUT2D eigenvalue weighted by molar-refractivity contribution is 5.97. The van der Waals surface area contributed by atoms with Crippen LogP contribution in [-0.2, 0) is 9.59 Å². The van der Waals surface area contributed by atoms with Gasteiger partial charge >= 0.3 is 0 Å². The first-order chi connectivity index (χ1) is 12.6. The number of carbonyl (C=O) groups excluding carboxylic acids is 2. The van der Waals surface area contributed by atoms with Crippen molar-refractivity contribution in [2.75, 3.05) is 10.6 Å². The Morgan fingerprint density at radius 3 is 2.08 bits per heavy atom. The molecule has 1 saturated carbocycles. The second-order valence-corrected chi connectivity index (χ2v) is 7.10. The van der Waals surface area contributed by atoms with Gasteiger partial charge in [-0.25, -0.2) is 0 Å². The molecule has 1 fully saturated rings. The topological polar surface area (TPSA) is 58.2 Å². The van der Waals surface area contributed by atoms with Crippen LogP contribution >= 0.6 is 0 Å². The second kappa shape index (κ2) is 8.17.